The maximum atomic E-state index is 13.9. The molecule has 3 aromatic carbocycles. The molecule has 184 valence electrons. The Morgan fingerprint density at radius 2 is 1.69 bits per heavy atom. The zero-order valence-electron chi connectivity index (χ0n) is 21.0. The van der Waals surface area contributed by atoms with Crippen molar-refractivity contribution in [3.63, 3.8) is 0 Å². The Morgan fingerprint density at radius 3 is 2.42 bits per heavy atom. The summed E-state index contributed by atoms with van der Waals surface area (Å²) in [5, 5.41) is 0.474. The van der Waals surface area contributed by atoms with Gasteiger partial charge in [-0.25, -0.2) is 0 Å². The molecule has 2 heterocycles. The first-order valence-corrected chi connectivity index (χ1v) is 12.2. The molecule has 1 atom stereocenters. The Bertz CT molecular complexity index is 1500. The minimum atomic E-state index is -0.647. The average Bonchev–Trinajstić information content (AvgIpc) is 3.18. The molecule has 0 aliphatic carbocycles. The van der Waals surface area contributed by atoms with Crippen LogP contribution in [0.15, 0.2) is 69.9 Å². The van der Waals surface area contributed by atoms with E-state index in [0.29, 0.717) is 34.6 Å². The Kier molecular flexibility index (Phi) is 6.27. The second-order valence-corrected chi connectivity index (χ2v) is 9.16. The highest BCUT2D eigenvalue weighted by Gasteiger charge is 2.43. The zero-order valence-corrected chi connectivity index (χ0v) is 21.0. The van der Waals surface area contributed by atoms with Gasteiger partial charge >= 0.3 is 0 Å². The van der Waals surface area contributed by atoms with Crippen molar-refractivity contribution in [2.75, 3.05) is 18.6 Å². The number of unbranched alkanes of at least 4 members (excludes halogenated alkanes) is 1. The van der Waals surface area contributed by atoms with Crippen LogP contribution in [-0.4, -0.2) is 19.6 Å². The third-order valence-corrected chi connectivity index (χ3v) is 6.78. The van der Waals surface area contributed by atoms with Gasteiger partial charge in [0.05, 0.1) is 30.7 Å². The van der Waals surface area contributed by atoms with E-state index in [1.807, 2.05) is 68.4 Å². The highest BCUT2D eigenvalue weighted by molar-refractivity contribution is 6.10. The van der Waals surface area contributed by atoms with Crippen molar-refractivity contribution in [1.82, 2.24) is 0 Å². The van der Waals surface area contributed by atoms with Crippen LogP contribution in [-0.2, 0) is 0 Å². The first-order chi connectivity index (χ1) is 17.4. The van der Waals surface area contributed by atoms with Crippen molar-refractivity contribution in [3.05, 3.63) is 98.9 Å². The summed E-state index contributed by atoms with van der Waals surface area (Å²) in [5.74, 6) is 1.09. The lowest BCUT2D eigenvalue weighted by atomic mass is 9.97. The molecule has 6 heteroatoms. The smallest absolute Gasteiger partial charge is 0.295 e. The van der Waals surface area contributed by atoms with E-state index in [2.05, 4.69) is 6.92 Å². The maximum absolute atomic E-state index is 13.9. The van der Waals surface area contributed by atoms with Crippen LogP contribution in [0.5, 0.6) is 11.5 Å². The second-order valence-electron chi connectivity index (χ2n) is 9.16. The highest BCUT2D eigenvalue weighted by Crippen LogP contribution is 2.42. The third kappa shape index (κ3) is 4.02. The van der Waals surface area contributed by atoms with E-state index in [1.165, 1.54) is 0 Å². The molecule has 0 saturated heterocycles. The van der Waals surface area contributed by atoms with Crippen LogP contribution in [0.2, 0.25) is 0 Å². The van der Waals surface area contributed by atoms with Gasteiger partial charge in [-0.15, -0.1) is 0 Å². The van der Waals surface area contributed by atoms with Gasteiger partial charge < -0.3 is 13.9 Å². The molecule has 5 rings (SSSR count). The molecule has 0 spiro atoms. The number of nitrogens with zero attached hydrogens (tertiary/aromatic N) is 1. The summed E-state index contributed by atoms with van der Waals surface area (Å²) in [5.41, 5.74) is 3.98. The van der Waals surface area contributed by atoms with E-state index in [4.69, 9.17) is 13.9 Å². The number of fused-ring (bicyclic) bond motifs is 2. The van der Waals surface area contributed by atoms with E-state index < -0.39 is 6.04 Å². The van der Waals surface area contributed by atoms with Gasteiger partial charge in [0.1, 0.15) is 17.1 Å². The van der Waals surface area contributed by atoms with E-state index in [0.717, 1.165) is 35.3 Å². The molecule has 36 heavy (non-hydrogen) atoms. The number of aryl methyl sites for hydroxylation is 2. The first kappa shape index (κ1) is 23.7. The topological polar surface area (TPSA) is 69.0 Å². The Balaban J connectivity index is 1.69. The van der Waals surface area contributed by atoms with Gasteiger partial charge in [0, 0.05) is 11.8 Å². The number of benzene rings is 3. The molecule has 4 aromatic rings. The molecule has 0 fully saturated rings. The van der Waals surface area contributed by atoms with Crippen molar-refractivity contribution >= 4 is 22.6 Å². The van der Waals surface area contributed by atoms with Crippen molar-refractivity contribution < 1.29 is 18.7 Å². The number of hydrogen-bond acceptors (Lipinski definition) is 5. The lowest BCUT2D eigenvalue weighted by Crippen LogP contribution is -2.29. The van der Waals surface area contributed by atoms with Crippen LogP contribution in [0.4, 0.5) is 5.69 Å². The number of methoxy groups -OCH3 is 1. The van der Waals surface area contributed by atoms with Gasteiger partial charge in [0.2, 0.25) is 5.76 Å². The number of carbonyl (C=O) groups is 1. The summed E-state index contributed by atoms with van der Waals surface area (Å²) in [4.78, 5) is 29.3. The van der Waals surface area contributed by atoms with Crippen LogP contribution in [0, 0.1) is 13.8 Å². The number of ether oxygens (including phenoxy) is 2. The van der Waals surface area contributed by atoms with E-state index in [1.54, 1.807) is 18.1 Å². The summed E-state index contributed by atoms with van der Waals surface area (Å²) in [6.07, 6.45) is 2.03. The molecule has 0 N–H and O–H groups in total. The number of rotatable bonds is 7. The summed E-state index contributed by atoms with van der Waals surface area (Å²) in [7, 11) is 1.58. The van der Waals surface area contributed by atoms with Crippen molar-refractivity contribution in [2.24, 2.45) is 0 Å². The van der Waals surface area contributed by atoms with Crippen molar-refractivity contribution in [3.8, 4) is 11.5 Å². The minimum Gasteiger partial charge on any atom is -0.497 e. The van der Waals surface area contributed by atoms with Crippen LogP contribution in [0.1, 0.15) is 58.6 Å². The second kappa shape index (κ2) is 9.53. The fourth-order valence-electron chi connectivity index (χ4n) is 4.65. The standard InChI is InChI=1S/C30H29NO5/c1-5-6-14-35-22-12-10-20(11-13-22)27-26-28(32)24-15-18(2)19(3)16-25(24)36-29(26)30(33)31(27)21-8-7-9-23(17-21)34-4/h7-13,15-17,27H,5-6,14H2,1-4H3. The lowest BCUT2D eigenvalue weighted by molar-refractivity contribution is 0.0971. The average molecular weight is 484 g/mol. The minimum absolute atomic E-state index is 0.0758. The van der Waals surface area contributed by atoms with E-state index >= 15 is 0 Å². The van der Waals surface area contributed by atoms with Crippen molar-refractivity contribution in [2.45, 2.75) is 39.7 Å². The van der Waals surface area contributed by atoms with Gasteiger partial charge in [0.25, 0.3) is 5.91 Å². The Hall–Kier alpha value is -4.06. The SMILES string of the molecule is CCCCOc1ccc(C2c3c(oc4cc(C)c(C)cc4c3=O)C(=O)N2c2cccc(OC)c2)cc1. The molecule has 1 aromatic heterocycles. The van der Waals surface area contributed by atoms with Crippen LogP contribution < -0.4 is 19.8 Å². The molecule has 1 unspecified atom stereocenters. The van der Waals surface area contributed by atoms with Gasteiger partial charge in [0.15, 0.2) is 5.43 Å². The fraction of sp³-hybridized carbons (Fsp3) is 0.267. The molecule has 1 aliphatic heterocycles. The summed E-state index contributed by atoms with van der Waals surface area (Å²) < 4.78 is 17.4. The summed E-state index contributed by atoms with van der Waals surface area (Å²) in [6.45, 7) is 6.68. The van der Waals surface area contributed by atoms with Gasteiger partial charge in [-0.3, -0.25) is 14.5 Å². The van der Waals surface area contributed by atoms with Gasteiger partial charge in [-0.05, 0) is 73.4 Å². The van der Waals surface area contributed by atoms with E-state index in [9.17, 15) is 9.59 Å². The predicted molar refractivity (Wildman–Crippen MR) is 140 cm³/mol. The largest absolute Gasteiger partial charge is 0.497 e. The van der Waals surface area contributed by atoms with Gasteiger partial charge in [-0.1, -0.05) is 31.5 Å². The van der Waals surface area contributed by atoms with Crippen LogP contribution in [0.25, 0.3) is 11.0 Å². The monoisotopic (exact) mass is 483 g/mol. The van der Waals surface area contributed by atoms with Gasteiger partial charge in [-0.2, -0.15) is 0 Å². The first-order valence-electron chi connectivity index (χ1n) is 12.2. The predicted octanol–water partition coefficient (Wildman–Crippen LogP) is 6.35. The summed E-state index contributed by atoms with van der Waals surface area (Å²) >= 11 is 0. The Morgan fingerprint density at radius 1 is 0.944 bits per heavy atom. The summed E-state index contributed by atoms with van der Waals surface area (Å²) in [6, 6.07) is 17.9. The fourth-order valence-corrected chi connectivity index (χ4v) is 4.65. The lowest BCUT2D eigenvalue weighted by Gasteiger charge is -2.25. The molecule has 1 amide bonds. The molecule has 1 aliphatic rings. The van der Waals surface area contributed by atoms with Crippen LogP contribution >= 0.6 is 0 Å². The molecule has 0 bridgehead atoms. The third-order valence-electron chi connectivity index (χ3n) is 6.78. The highest BCUT2D eigenvalue weighted by atomic mass is 16.5. The molecule has 0 radical (unpaired) electrons. The quantitative estimate of drug-likeness (QED) is 0.287. The normalized spacial score (nSPS) is 14.8. The Labute approximate surface area is 210 Å². The molecule has 0 saturated carbocycles. The van der Waals surface area contributed by atoms with Crippen LogP contribution in [0.3, 0.4) is 0 Å². The number of hydrogen-bond donors (Lipinski definition) is 0. The molecular weight excluding hydrogens is 454 g/mol. The number of carbonyl (C=O) groups excluding carboxylic acids is 1. The van der Waals surface area contributed by atoms with E-state index in [-0.39, 0.29) is 17.1 Å². The molecule has 6 nitrogen and oxygen atoms in total. The number of amides is 1. The van der Waals surface area contributed by atoms with Crippen molar-refractivity contribution in [1.29, 1.82) is 0 Å². The number of anilines is 1. The maximum Gasteiger partial charge on any atom is 0.295 e. The zero-order chi connectivity index (χ0) is 25.4. The molecular formula is C30H29NO5.